The highest BCUT2D eigenvalue weighted by Crippen LogP contribution is 2.11. The molecule has 0 unspecified atom stereocenters. The van der Waals surface area contributed by atoms with Crippen LogP contribution >= 0.6 is 15.9 Å². The van der Waals surface area contributed by atoms with Gasteiger partial charge in [0, 0.05) is 37.1 Å². The minimum atomic E-state index is 0.515. The Morgan fingerprint density at radius 2 is 2.06 bits per heavy atom. The van der Waals surface area contributed by atoms with Crippen LogP contribution in [0.2, 0.25) is 0 Å². The van der Waals surface area contributed by atoms with Crippen LogP contribution < -0.4 is 4.74 Å². The molecule has 4 nitrogen and oxygen atoms in total. The molecule has 0 radical (unpaired) electrons. The van der Waals surface area contributed by atoms with E-state index in [4.69, 9.17) is 14.2 Å². The molecule has 1 aromatic heterocycles. The van der Waals surface area contributed by atoms with Gasteiger partial charge in [-0.3, -0.25) is 0 Å². The fourth-order valence-electron chi connectivity index (χ4n) is 1.06. The lowest BCUT2D eigenvalue weighted by Crippen LogP contribution is -2.09. The molecule has 1 rings (SSSR count). The Kier molecular flexibility index (Phi) is 7.12. The minimum absolute atomic E-state index is 0.515. The number of halogens is 1. The van der Waals surface area contributed by atoms with Gasteiger partial charge in [-0.1, -0.05) is 0 Å². The lowest BCUT2D eigenvalue weighted by Gasteiger charge is -2.06. The summed E-state index contributed by atoms with van der Waals surface area (Å²) in [5, 5.41) is 0. The molecule has 0 atom stereocenters. The van der Waals surface area contributed by atoms with Crippen LogP contribution in [0.5, 0.6) is 5.88 Å². The average Bonchev–Trinajstić information content (AvgIpc) is 2.30. The third-order valence-electron chi connectivity index (χ3n) is 1.82. The summed E-state index contributed by atoms with van der Waals surface area (Å²) in [7, 11) is 1.68. The zero-order valence-electron chi connectivity index (χ0n) is 9.32. The molecule has 5 heteroatoms. The fourth-order valence-corrected chi connectivity index (χ4v) is 1.29. The summed E-state index contributed by atoms with van der Waals surface area (Å²) >= 11 is 3.31. The molecule has 1 aromatic rings. The summed E-state index contributed by atoms with van der Waals surface area (Å²) < 4.78 is 16.6. The minimum Gasteiger partial charge on any atom is -0.475 e. The van der Waals surface area contributed by atoms with Crippen molar-refractivity contribution >= 4 is 15.9 Å². The van der Waals surface area contributed by atoms with Gasteiger partial charge < -0.3 is 14.2 Å². The van der Waals surface area contributed by atoms with E-state index in [-0.39, 0.29) is 0 Å². The van der Waals surface area contributed by atoms with Gasteiger partial charge in [-0.2, -0.15) is 0 Å². The first-order chi connectivity index (χ1) is 7.83. The molecule has 0 saturated carbocycles. The van der Waals surface area contributed by atoms with Crippen molar-refractivity contribution in [1.29, 1.82) is 0 Å². The molecular formula is C11H16BrNO3. The number of rotatable bonds is 8. The number of nitrogens with zero attached hydrogens (tertiary/aromatic N) is 1. The summed E-state index contributed by atoms with van der Waals surface area (Å²) in [6, 6.07) is 3.71. The molecule has 1 heterocycles. The van der Waals surface area contributed by atoms with Crippen molar-refractivity contribution < 1.29 is 14.2 Å². The van der Waals surface area contributed by atoms with Gasteiger partial charge in [-0.15, -0.1) is 0 Å². The van der Waals surface area contributed by atoms with E-state index in [0.717, 1.165) is 17.5 Å². The van der Waals surface area contributed by atoms with Crippen molar-refractivity contribution in [3.8, 4) is 5.88 Å². The number of hydrogen-bond donors (Lipinski definition) is 0. The van der Waals surface area contributed by atoms with Crippen LogP contribution in [0.1, 0.15) is 6.42 Å². The molecule has 0 amide bonds. The van der Waals surface area contributed by atoms with Crippen LogP contribution in [0.4, 0.5) is 0 Å². The van der Waals surface area contributed by atoms with Crippen LogP contribution in [0.15, 0.2) is 22.8 Å². The third kappa shape index (κ3) is 6.05. The number of hydrogen-bond acceptors (Lipinski definition) is 4. The van der Waals surface area contributed by atoms with E-state index in [1.54, 1.807) is 13.3 Å². The normalized spacial score (nSPS) is 10.4. The zero-order chi connectivity index (χ0) is 11.6. The van der Waals surface area contributed by atoms with Crippen LogP contribution in [0.25, 0.3) is 0 Å². The molecule has 0 N–H and O–H groups in total. The number of aromatic nitrogens is 1. The molecular weight excluding hydrogens is 274 g/mol. The Balaban J connectivity index is 2.01. The van der Waals surface area contributed by atoms with Crippen molar-refractivity contribution in [3.05, 3.63) is 22.8 Å². The monoisotopic (exact) mass is 289 g/mol. The van der Waals surface area contributed by atoms with Crippen molar-refractivity contribution in [1.82, 2.24) is 4.98 Å². The molecule has 0 aromatic carbocycles. The number of ether oxygens (including phenoxy) is 3. The first kappa shape index (κ1) is 13.4. The zero-order valence-corrected chi connectivity index (χ0v) is 10.9. The Hall–Kier alpha value is -0.650. The van der Waals surface area contributed by atoms with Gasteiger partial charge in [-0.05, 0) is 28.4 Å². The molecule has 16 heavy (non-hydrogen) atoms. The maximum Gasteiger partial charge on any atom is 0.213 e. The lowest BCUT2D eigenvalue weighted by molar-refractivity contribution is 0.0795. The molecule has 0 aliphatic carbocycles. The van der Waals surface area contributed by atoms with Gasteiger partial charge in [0.05, 0.1) is 6.61 Å². The van der Waals surface area contributed by atoms with Gasteiger partial charge in [-0.25, -0.2) is 4.98 Å². The van der Waals surface area contributed by atoms with Crippen LogP contribution in [0.3, 0.4) is 0 Å². The van der Waals surface area contributed by atoms with Gasteiger partial charge in [0.15, 0.2) is 0 Å². The summed E-state index contributed by atoms with van der Waals surface area (Å²) in [5.41, 5.74) is 0. The van der Waals surface area contributed by atoms with E-state index in [9.17, 15) is 0 Å². The van der Waals surface area contributed by atoms with Gasteiger partial charge in [0.1, 0.15) is 6.61 Å². The van der Waals surface area contributed by atoms with Crippen LogP contribution in [-0.2, 0) is 9.47 Å². The first-order valence-corrected chi connectivity index (χ1v) is 5.93. The molecule has 0 spiro atoms. The Labute approximate surface area is 104 Å². The first-order valence-electron chi connectivity index (χ1n) is 5.14. The van der Waals surface area contributed by atoms with Crippen molar-refractivity contribution in [2.75, 3.05) is 33.5 Å². The summed E-state index contributed by atoms with van der Waals surface area (Å²) in [6.07, 6.45) is 2.61. The Morgan fingerprint density at radius 1 is 1.19 bits per heavy atom. The Morgan fingerprint density at radius 3 is 2.75 bits per heavy atom. The van der Waals surface area contributed by atoms with E-state index in [1.807, 2.05) is 12.1 Å². The summed E-state index contributed by atoms with van der Waals surface area (Å²) in [6.45, 7) is 2.52. The van der Waals surface area contributed by atoms with E-state index in [2.05, 4.69) is 20.9 Å². The standard InChI is InChI=1S/C11H16BrNO3/c1-14-5-2-6-15-7-8-16-11-4-3-10(12)9-13-11/h3-4,9H,2,5-8H2,1H3. The van der Waals surface area contributed by atoms with Gasteiger partial charge >= 0.3 is 0 Å². The smallest absolute Gasteiger partial charge is 0.213 e. The van der Waals surface area contributed by atoms with Crippen LogP contribution in [-0.4, -0.2) is 38.5 Å². The number of methoxy groups -OCH3 is 1. The maximum atomic E-state index is 5.38. The molecule has 0 saturated heterocycles. The molecule has 0 aliphatic rings. The highest BCUT2D eigenvalue weighted by atomic mass is 79.9. The van der Waals surface area contributed by atoms with Gasteiger partial charge in [0.2, 0.25) is 5.88 Å². The molecule has 90 valence electrons. The second kappa shape index (κ2) is 8.50. The quantitative estimate of drug-likeness (QED) is 0.689. The van der Waals surface area contributed by atoms with Crippen molar-refractivity contribution in [3.63, 3.8) is 0 Å². The fraction of sp³-hybridized carbons (Fsp3) is 0.545. The third-order valence-corrected chi connectivity index (χ3v) is 2.28. The van der Waals surface area contributed by atoms with Crippen molar-refractivity contribution in [2.45, 2.75) is 6.42 Å². The van der Waals surface area contributed by atoms with Crippen LogP contribution in [0, 0.1) is 0 Å². The van der Waals surface area contributed by atoms with Gasteiger partial charge in [0.25, 0.3) is 0 Å². The molecule has 0 fully saturated rings. The SMILES string of the molecule is COCCCOCCOc1ccc(Br)cn1. The van der Waals surface area contributed by atoms with E-state index < -0.39 is 0 Å². The Bertz CT molecular complexity index is 279. The summed E-state index contributed by atoms with van der Waals surface area (Å²) in [5.74, 6) is 0.615. The highest BCUT2D eigenvalue weighted by molar-refractivity contribution is 9.10. The lowest BCUT2D eigenvalue weighted by atomic mass is 10.5. The average molecular weight is 290 g/mol. The predicted octanol–water partition coefficient (Wildman–Crippen LogP) is 2.28. The molecule has 0 aliphatic heterocycles. The van der Waals surface area contributed by atoms with E-state index in [1.165, 1.54) is 0 Å². The predicted molar refractivity (Wildman–Crippen MR) is 64.7 cm³/mol. The van der Waals surface area contributed by atoms with E-state index >= 15 is 0 Å². The summed E-state index contributed by atoms with van der Waals surface area (Å²) in [4.78, 5) is 4.08. The second-order valence-electron chi connectivity index (χ2n) is 3.12. The maximum absolute atomic E-state index is 5.38. The number of pyridine rings is 1. The molecule has 0 bridgehead atoms. The topological polar surface area (TPSA) is 40.6 Å². The van der Waals surface area contributed by atoms with Crippen molar-refractivity contribution in [2.24, 2.45) is 0 Å². The largest absolute Gasteiger partial charge is 0.475 e. The van der Waals surface area contributed by atoms with E-state index in [0.29, 0.717) is 25.7 Å². The second-order valence-corrected chi connectivity index (χ2v) is 4.04. The highest BCUT2D eigenvalue weighted by Gasteiger charge is 1.95.